The molecule has 2 amide bonds. The molecule has 7 heteroatoms. The Morgan fingerprint density at radius 2 is 1.95 bits per heavy atom. The molecule has 0 radical (unpaired) electrons. The second-order valence-electron chi connectivity index (χ2n) is 4.00. The molecule has 20 heavy (non-hydrogen) atoms. The average Bonchev–Trinajstić information content (AvgIpc) is 2.42. The van der Waals surface area contributed by atoms with Gasteiger partial charge in [-0.25, -0.2) is 4.79 Å². The summed E-state index contributed by atoms with van der Waals surface area (Å²) in [4.78, 5) is 34.1. The maximum atomic E-state index is 11.9. The van der Waals surface area contributed by atoms with Crippen LogP contribution in [-0.2, 0) is 9.59 Å². The second-order valence-corrected chi connectivity index (χ2v) is 4.41. The number of carboxylic acid groups (broad SMARTS) is 1. The summed E-state index contributed by atoms with van der Waals surface area (Å²) < 4.78 is 0. The lowest BCUT2D eigenvalue weighted by molar-refractivity contribution is -0.139. The number of rotatable bonds is 6. The maximum Gasteiger partial charge on any atom is 0.328 e. The van der Waals surface area contributed by atoms with Crippen LogP contribution in [0.3, 0.4) is 0 Å². The zero-order valence-corrected chi connectivity index (χ0v) is 11.6. The van der Waals surface area contributed by atoms with Crippen molar-refractivity contribution in [3.8, 4) is 0 Å². The molecule has 0 bridgehead atoms. The summed E-state index contributed by atoms with van der Waals surface area (Å²) in [6.07, 6.45) is 0.241. The van der Waals surface area contributed by atoms with E-state index in [0.717, 1.165) is 0 Å². The van der Waals surface area contributed by atoms with Gasteiger partial charge in [-0.15, -0.1) is 0 Å². The summed E-state index contributed by atoms with van der Waals surface area (Å²) in [6.45, 7) is 1.46. The second kappa shape index (κ2) is 7.49. The number of carboxylic acids is 1. The van der Waals surface area contributed by atoms with Crippen molar-refractivity contribution in [3.05, 3.63) is 34.9 Å². The molecule has 0 aliphatic rings. The van der Waals surface area contributed by atoms with E-state index in [9.17, 15) is 14.4 Å². The fourth-order valence-electron chi connectivity index (χ4n) is 1.42. The molecular formula is C13H15ClN2O4. The van der Waals surface area contributed by atoms with Crippen LogP contribution in [-0.4, -0.2) is 35.5 Å². The molecule has 0 spiro atoms. The summed E-state index contributed by atoms with van der Waals surface area (Å²) in [6, 6.07) is 5.09. The van der Waals surface area contributed by atoms with Gasteiger partial charge in [0.2, 0.25) is 5.91 Å². The average molecular weight is 299 g/mol. The van der Waals surface area contributed by atoms with E-state index >= 15 is 0 Å². The van der Waals surface area contributed by atoms with Gasteiger partial charge in [-0.1, -0.05) is 30.7 Å². The highest BCUT2D eigenvalue weighted by Crippen LogP contribution is 2.14. The maximum absolute atomic E-state index is 11.9. The SMILES string of the molecule is CCC(=O)NC[C@H](NC(=O)c1ccccc1Cl)C(=O)O. The van der Waals surface area contributed by atoms with E-state index in [-0.39, 0.29) is 29.5 Å². The van der Waals surface area contributed by atoms with Crippen LogP contribution in [0.15, 0.2) is 24.3 Å². The van der Waals surface area contributed by atoms with Crippen LogP contribution in [0.4, 0.5) is 0 Å². The first kappa shape index (κ1) is 16.0. The quantitative estimate of drug-likeness (QED) is 0.731. The van der Waals surface area contributed by atoms with Crippen molar-refractivity contribution >= 4 is 29.4 Å². The molecule has 1 atom stereocenters. The molecule has 1 rings (SSSR count). The fraction of sp³-hybridized carbons (Fsp3) is 0.308. The third kappa shape index (κ3) is 4.55. The molecule has 0 aromatic heterocycles. The Balaban J connectivity index is 2.71. The van der Waals surface area contributed by atoms with Gasteiger partial charge in [-0.05, 0) is 12.1 Å². The number of carbonyl (C=O) groups excluding carboxylic acids is 2. The van der Waals surface area contributed by atoms with Gasteiger partial charge in [0.25, 0.3) is 5.91 Å². The van der Waals surface area contributed by atoms with Crippen molar-refractivity contribution in [2.24, 2.45) is 0 Å². The van der Waals surface area contributed by atoms with Crippen LogP contribution >= 0.6 is 11.6 Å². The number of hydrogen-bond acceptors (Lipinski definition) is 3. The van der Waals surface area contributed by atoms with Gasteiger partial charge in [0, 0.05) is 13.0 Å². The molecule has 0 fully saturated rings. The monoisotopic (exact) mass is 298 g/mol. The molecule has 3 N–H and O–H groups in total. The zero-order valence-electron chi connectivity index (χ0n) is 10.9. The number of aliphatic carboxylic acids is 1. The Kier molecular flexibility index (Phi) is 5.99. The van der Waals surface area contributed by atoms with Gasteiger partial charge < -0.3 is 15.7 Å². The number of amides is 2. The highest BCUT2D eigenvalue weighted by Gasteiger charge is 2.22. The minimum atomic E-state index is -1.23. The molecule has 1 aromatic carbocycles. The minimum absolute atomic E-state index is 0.182. The first-order valence-corrected chi connectivity index (χ1v) is 6.38. The first-order chi connectivity index (χ1) is 9.45. The highest BCUT2D eigenvalue weighted by atomic mass is 35.5. The lowest BCUT2D eigenvalue weighted by Gasteiger charge is -2.15. The lowest BCUT2D eigenvalue weighted by Crippen LogP contribution is -2.48. The van der Waals surface area contributed by atoms with Crippen LogP contribution in [0.25, 0.3) is 0 Å². The smallest absolute Gasteiger partial charge is 0.328 e. The van der Waals surface area contributed by atoms with Gasteiger partial charge in [0.15, 0.2) is 0 Å². The van der Waals surface area contributed by atoms with Crippen molar-refractivity contribution in [1.82, 2.24) is 10.6 Å². The van der Waals surface area contributed by atoms with E-state index < -0.39 is 17.9 Å². The molecule has 0 aliphatic heterocycles. The Hall–Kier alpha value is -2.08. The Labute approximate surface area is 121 Å². The molecular weight excluding hydrogens is 284 g/mol. The van der Waals surface area contributed by atoms with Crippen molar-refractivity contribution in [2.75, 3.05) is 6.54 Å². The predicted molar refractivity (Wildman–Crippen MR) is 73.6 cm³/mol. The summed E-state index contributed by atoms with van der Waals surface area (Å²) in [5.41, 5.74) is 0.183. The van der Waals surface area contributed by atoms with E-state index in [2.05, 4.69) is 10.6 Å². The summed E-state index contributed by atoms with van der Waals surface area (Å²) in [7, 11) is 0. The molecule has 0 saturated heterocycles. The molecule has 0 aliphatic carbocycles. The Morgan fingerprint density at radius 1 is 1.30 bits per heavy atom. The number of halogens is 1. The van der Waals surface area contributed by atoms with Crippen LogP contribution in [0.2, 0.25) is 5.02 Å². The summed E-state index contributed by atoms with van der Waals surface area (Å²) in [5.74, 6) is -2.13. The van der Waals surface area contributed by atoms with E-state index in [4.69, 9.17) is 16.7 Å². The third-order valence-electron chi connectivity index (χ3n) is 2.55. The topological polar surface area (TPSA) is 95.5 Å². The van der Waals surface area contributed by atoms with Crippen molar-refractivity contribution in [2.45, 2.75) is 19.4 Å². The standard InChI is InChI=1S/C13H15ClN2O4/c1-2-11(17)15-7-10(13(19)20)16-12(18)8-5-3-4-6-9(8)14/h3-6,10H,2,7H2,1H3,(H,15,17)(H,16,18)(H,19,20)/t10-/m0/s1. The molecule has 0 unspecified atom stereocenters. The Morgan fingerprint density at radius 3 is 2.50 bits per heavy atom. The fourth-order valence-corrected chi connectivity index (χ4v) is 1.64. The molecule has 6 nitrogen and oxygen atoms in total. The number of carbonyl (C=O) groups is 3. The normalized spacial score (nSPS) is 11.5. The van der Waals surface area contributed by atoms with E-state index in [1.165, 1.54) is 12.1 Å². The van der Waals surface area contributed by atoms with Gasteiger partial charge in [-0.3, -0.25) is 9.59 Å². The number of hydrogen-bond donors (Lipinski definition) is 3. The minimum Gasteiger partial charge on any atom is -0.480 e. The third-order valence-corrected chi connectivity index (χ3v) is 2.88. The Bertz CT molecular complexity index is 519. The van der Waals surface area contributed by atoms with Gasteiger partial charge in [0.05, 0.1) is 10.6 Å². The van der Waals surface area contributed by atoms with Crippen LogP contribution in [0, 0.1) is 0 Å². The van der Waals surface area contributed by atoms with E-state index in [1.807, 2.05) is 0 Å². The largest absolute Gasteiger partial charge is 0.480 e. The van der Waals surface area contributed by atoms with Crippen LogP contribution in [0.1, 0.15) is 23.7 Å². The van der Waals surface area contributed by atoms with Crippen molar-refractivity contribution in [3.63, 3.8) is 0 Å². The zero-order chi connectivity index (χ0) is 15.1. The summed E-state index contributed by atoms with van der Waals surface area (Å²) in [5, 5.41) is 14.0. The number of nitrogens with one attached hydrogen (secondary N) is 2. The summed E-state index contributed by atoms with van der Waals surface area (Å²) >= 11 is 5.85. The lowest BCUT2D eigenvalue weighted by atomic mass is 10.2. The van der Waals surface area contributed by atoms with Gasteiger partial charge >= 0.3 is 5.97 Å². The molecule has 0 heterocycles. The van der Waals surface area contributed by atoms with Crippen LogP contribution in [0.5, 0.6) is 0 Å². The van der Waals surface area contributed by atoms with E-state index in [1.54, 1.807) is 19.1 Å². The van der Waals surface area contributed by atoms with Crippen molar-refractivity contribution in [1.29, 1.82) is 0 Å². The number of benzene rings is 1. The molecule has 108 valence electrons. The van der Waals surface area contributed by atoms with Gasteiger partial charge in [-0.2, -0.15) is 0 Å². The van der Waals surface area contributed by atoms with Crippen molar-refractivity contribution < 1.29 is 19.5 Å². The van der Waals surface area contributed by atoms with E-state index in [0.29, 0.717) is 0 Å². The highest BCUT2D eigenvalue weighted by molar-refractivity contribution is 6.33. The molecule has 0 saturated carbocycles. The van der Waals surface area contributed by atoms with Gasteiger partial charge in [0.1, 0.15) is 6.04 Å². The van der Waals surface area contributed by atoms with Crippen LogP contribution < -0.4 is 10.6 Å². The predicted octanol–water partition coefficient (Wildman–Crippen LogP) is 1.05. The first-order valence-electron chi connectivity index (χ1n) is 6.00. The molecule has 1 aromatic rings.